The number of hydrogen-bond acceptors (Lipinski definition) is 6. The summed E-state index contributed by atoms with van der Waals surface area (Å²) in [6.45, 7) is 0. The average Bonchev–Trinajstić information content (AvgIpc) is 2.54. The molecule has 2 rings (SSSR count). The molecule has 1 aromatic carbocycles. The summed E-state index contributed by atoms with van der Waals surface area (Å²) in [7, 11) is 2.73. The predicted molar refractivity (Wildman–Crippen MR) is 89.0 cm³/mol. The molecule has 2 amide bonds. The van der Waals surface area contributed by atoms with Crippen LogP contribution in [0.5, 0.6) is 0 Å². The first kappa shape index (κ1) is 16.2. The van der Waals surface area contributed by atoms with Crippen molar-refractivity contribution in [2.45, 2.75) is 5.03 Å². The summed E-state index contributed by atoms with van der Waals surface area (Å²) in [5, 5.41) is 0.821. The summed E-state index contributed by atoms with van der Waals surface area (Å²) in [6.07, 6.45) is 1.69. The van der Waals surface area contributed by atoms with Gasteiger partial charge in [-0.25, -0.2) is 4.98 Å². The number of pyridine rings is 1. The molecular formula is C14H14N4O2S2. The number of aromatic nitrogens is 1. The Hall–Kier alpha value is -2.19. The molecule has 0 aliphatic heterocycles. The van der Waals surface area contributed by atoms with E-state index in [1.807, 2.05) is 18.2 Å². The van der Waals surface area contributed by atoms with Gasteiger partial charge in [-0.05, 0) is 35.1 Å². The molecule has 22 heavy (non-hydrogen) atoms. The van der Waals surface area contributed by atoms with Crippen molar-refractivity contribution in [1.82, 2.24) is 15.8 Å². The summed E-state index contributed by atoms with van der Waals surface area (Å²) < 4.78 is 0. The maximum atomic E-state index is 11.8. The highest BCUT2D eigenvalue weighted by Gasteiger charge is 2.10. The van der Waals surface area contributed by atoms with Gasteiger partial charge in [0.1, 0.15) is 5.03 Å². The minimum absolute atomic E-state index is 0.186. The van der Waals surface area contributed by atoms with Crippen molar-refractivity contribution in [2.75, 3.05) is 11.5 Å². The number of nitrogens with one attached hydrogen (secondary N) is 2. The molecule has 0 spiro atoms. The van der Waals surface area contributed by atoms with E-state index in [0.717, 1.165) is 5.03 Å². The number of benzene rings is 1. The summed E-state index contributed by atoms with van der Waals surface area (Å²) in [5.41, 5.74) is 11.0. The average molecular weight is 334 g/mol. The molecule has 0 atom stereocenters. The summed E-state index contributed by atoms with van der Waals surface area (Å²) in [4.78, 5) is 27.6. The fraction of sp³-hybridized carbons (Fsp3) is 0.0714. The Morgan fingerprint density at radius 2 is 1.86 bits per heavy atom. The van der Waals surface area contributed by atoms with E-state index in [-0.39, 0.29) is 11.7 Å². The quantitative estimate of drug-likeness (QED) is 0.439. The Balaban J connectivity index is 1.72. The molecule has 0 bridgehead atoms. The minimum Gasteiger partial charge on any atom is -0.398 e. The largest absolute Gasteiger partial charge is 0.398 e. The highest BCUT2D eigenvalue weighted by atomic mass is 33.1. The third-order valence-electron chi connectivity index (χ3n) is 2.49. The maximum absolute atomic E-state index is 11.8. The Morgan fingerprint density at radius 1 is 1.09 bits per heavy atom. The normalized spacial score (nSPS) is 10.0. The van der Waals surface area contributed by atoms with Gasteiger partial charge in [0.05, 0.1) is 11.3 Å². The van der Waals surface area contributed by atoms with E-state index in [2.05, 4.69) is 15.8 Å². The number of hydrazine groups is 1. The van der Waals surface area contributed by atoms with Gasteiger partial charge in [0.25, 0.3) is 5.91 Å². The Bertz CT molecular complexity index is 652. The number of nitrogens with two attached hydrogens (primary N) is 1. The van der Waals surface area contributed by atoms with Gasteiger partial charge >= 0.3 is 0 Å². The van der Waals surface area contributed by atoms with Crippen LogP contribution in [0.25, 0.3) is 0 Å². The lowest BCUT2D eigenvalue weighted by atomic mass is 10.2. The van der Waals surface area contributed by atoms with Gasteiger partial charge in [-0.3, -0.25) is 20.4 Å². The molecule has 0 unspecified atom stereocenters. The van der Waals surface area contributed by atoms with Crippen LogP contribution in [0.1, 0.15) is 10.4 Å². The first-order valence-electron chi connectivity index (χ1n) is 6.31. The van der Waals surface area contributed by atoms with Crippen molar-refractivity contribution in [2.24, 2.45) is 0 Å². The number of hydrogen-bond donors (Lipinski definition) is 3. The SMILES string of the molecule is Nc1ccccc1C(=O)NNC(=O)CSSc1ccccn1. The fourth-order valence-corrected chi connectivity index (χ4v) is 3.23. The van der Waals surface area contributed by atoms with Crippen molar-refractivity contribution in [3.05, 3.63) is 54.2 Å². The third kappa shape index (κ3) is 4.97. The van der Waals surface area contributed by atoms with Gasteiger partial charge in [0, 0.05) is 11.9 Å². The Labute approximate surface area is 135 Å². The summed E-state index contributed by atoms with van der Waals surface area (Å²) in [5.74, 6) is -0.573. The van der Waals surface area contributed by atoms with Crippen LogP contribution in [0, 0.1) is 0 Å². The fourth-order valence-electron chi connectivity index (χ4n) is 1.47. The molecule has 114 valence electrons. The number of anilines is 1. The molecule has 2 aromatic rings. The molecule has 0 radical (unpaired) electrons. The van der Waals surface area contributed by atoms with Crippen LogP contribution in [0.3, 0.4) is 0 Å². The number of carbonyl (C=O) groups is 2. The Kier molecular flexibility index (Phi) is 6.11. The first-order chi connectivity index (χ1) is 10.7. The third-order valence-corrected chi connectivity index (χ3v) is 4.62. The van der Waals surface area contributed by atoms with Crippen molar-refractivity contribution in [3.63, 3.8) is 0 Å². The van der Waals surface area contributed by atoms with E-state index in [0.29, 0.717) is 11.3 Å². The second-order valence-corrected chi connectivity index (χ2v) is 6.42. The predicted octanol–water partition coefficient (Wildman–Crippen LogP) is 1.87. The number of carbonyl (C=O) groups excluding carboxylic acids is 2. The van der Waals surface area contributed by atoms with Gasteiger partial charge in [0.2, 0.25) is 5.91 Å². The zero-order valence-electron chi connectivity index (χ0n) is 11.5. The molecule has 0 aliphatic carbocycles. The van der Waals surface area contributed by atoms with Gasteiger partial charge < -0.3 is 5.73 Å². The van der Waals surface area contributed by atoms with E-state index in [9.17, 15) is 9.59 Å². The van der Waals surface area contributed by atoms with Crippen LogP contribution in [0.4, 0.5) is 5.69 Å². The molecule has 0 fully saturated rings. The van der Waals surface area contributed by atoms with Gasteiger partial charge in [-0.2, -0.15) is 0 Å². The highest BCUT2D eigenvalue weighted by molar-refractivity contribution is 8.76. The second-order valence-electron chi connectivity index (χ2n) is 4.10. The zero-order chi connectivity index (χ0) is 15.8. The molecular weight excluding hydrogens is 320 g/mol. The van der Waals surface area contributed by atoms with Crippen LogP contribution in [-0.4, -0.2) is 22.6 Å². The molecule has 0 aliphatic rings. The molecule has 0 saturated carbocycles. The van der Waals surface area contributed by atoms with Crippen molar-refractivity contribution in [3.8, 4) is 0 Å². The van der Waals surface area contributed by atoms with Crippen LogP contribution < -0.4 is 16.6 Å². The van der Waals surface area contributed by atoms with Crippen LogP contribution in [0.2, 0.25) is 0 Å². The lowest BCUT2D eigenvalue weighted by Crippen LogP contribution is -2.42. The molecule has 8 heteroatoms. The molecule has 1 heterocycles. The van der Waals surface area contributed by atoms with Crippen LogP contribution in [-0.2, 0) is 4.79 Å². The molecule has 4 N–H and O–H groups in total. The lowest BCUT2D eigenvalue weighted by molar-refractivity contribution is -0.119. The van der Waals surface area contributed by atoms with Gasteiger partial charge in [0.15, 0.2) is 0 Å². The molecule has 6 nitrogen and oxygen atoms in total. The van der Waals surface area contributed by atoms with E-state index < -0.39 is 5.91 Å². The first-order valence-corrected chi connectivity index (χ1v) is 8.63. The second kappa shape index (κ2) is 8.30. The van der Waals surface area contributed by atoms with E-state index >= 15 is 0 Å². The number of nitrogen functional groups attached to an aromatic ring is 1. The highest BCUT2D eigenvalue weighted by Crippen LogP contribution is 2.28. The van der Waals surface area contributed by atoms with E-state index in [4.69, 9.17) is 5.73 Å². The number of para-hydroxylation sites is 1. The smallest absolute Gasteiger partial charge is 0.271 e. The van der Waals surface area contributed by atoms with Crippen molar-refractivity contribution in [1.29, 1.82) is 0 Å². The number of nitrogens with zero attached hydrogens (tertiary/aromatic N) is 1. The van der Waals surface area contributed by atoms with Gasteiger partial charge in [-0.1, -0.05) is 29.0 Å². The topological polar surface area (TPSA) is 97.1 Å². The maximum Gasteiger partial charge on any atom is 0.271 e. The van der Waals surface area contributed by atoms with Crippen molar-refractivity contribution >= 4 is 39.1 Å². The Morgan fingerprint density at radius 3 is 2.59 bits per heavy atom. The monoisotopic (exact) mass is 334 g/mol. The molecule has 0 saturated heterocycles. The number of rotatable bonds is 5. The van der Waals surface area contributed by atoms with Crippen LogP contribution in [0.15, 0.2) is 53.7 Å². The van der Waals surface area contributed by atoms with Crippen molar-refractivity contribution < 1.29 is 9.59 Å². The summed E-state index contributed by atoms with van der Waals surface area (Å²) in [6, 6.07) is 12.2. The minimum atomic E-state index is -0.450. The lowest BCUT2D eigenvalue weighted by Gasteiger charge is -2.08. The van der Waals surface area contributed by atoms with Crippen LogP contribution >= 0.6 is 21.6 Å². The summed E-state index contributed by atoms with van der Waals surface area (Å²) >= 11 is 0. The molecule has 1 aromatic heterocycles. The van der Waals surface area contributed by atoms with E-state index in [1.165, 1.54) is 21.6 Å². The standard InChI is InChI=1S/C14H14N4O2S2/c15-11-6-2-1-5-10(11)14(20)18-17-12(19)9-21-22-13-7-3-4-8-16-13/h1-8H,9,15H2,(H,17,19)(H,18,20). The zero-order valence-corrected chi connectivity index (χ0v) is 13.1. The van der Waals surface area contributed by atoms with Gasteiger partial charge in [-0.15, -0.1) is 0 Å². The van der Waals surface area contributed by atoms with E-state index in [1.54, 1.807) is 30.5 Å². The number of amides is 2.